The number of carbonyl (C=O) groups is 2. The average Bonchev–Trinajstić information content (AvgIpc) is 3.12. The van der Waals surface area contributed by atoms with Crippen molar-refractivity contribution in [1.29, 1.82) is 0 Å². The maximum Gasteiger partial charge on any atom is 0.303 e. The predicted molar refractivity (Wildman–Crippen MR) is 132 cm³/mol. The lowest BCUT2D eigenvalue weighted by atomic mass is 10.0. The van der Waals surface area contributed by atoms with Crippen molar-refractivity contribution in [1.82, 2.24) is 9.88 Å². The third-order valence-electron chi connectivity index (χ3n) is 5.81. The lowest BCUT2D eigenvalue weighted by molar-refractivity contribution is -0.136. The predicted octanol–water partition coefficient (Wildman–Crippen LogP) is 4.81. The number of carbonyl (C=O) groups excluding carboxylic acids is 1. The third kappa shape index (κ3) is 5.20. The minimum Gasteiger partial charge on any atom is -0.481 e. The lowest BCUT2D eigenvalue weighted by Crippen LogP contribution is -2.24. The van der Waals surface area contributed by atoms with E-state index in [9.17, 15) is 9.59 Å². The van der Waals surface area contributed by atoms with Crippen LogP contribution in [0, 0.1) is 6.92 Å². The van der Waals surface area contributed by atoms with Gasteiger partial charge in [0.2, 0.25) is 0 Å². The molecule has 1 aromatic heterocycles. The highest BCUT2D eigenvalue weighted by Crippen LogP contribution is 2.26. The number of hydrogen-bond acceptors (Lipinski definition) is 4. The standard InChI is InChI=1S/C27H27N3O4/c1-17-12-23(9-6-19(17)7-11-26(31)32)34-22-5-3-4-18(13-22)16-29-27(33)25-15-20-14-21(28)8-10-24(20)30(25)2/h3-6,8-10,12-15H,7,11,16,28H2,1-2H3,(H,29,33)(H,31,32). The average molecular weight is 458 g/mol. The van der Waals surface area contributed by atoms with Crippen molar-refractivity contribution in [3.63, 3.8) is 0 Å². The smallest absolute Gasteiger partial charge is 0.303 e. The van der Waals surface area contributed by atoms with Crippen LogP contribution in [0.25, 0.3) is 10.9 Å². The number of nitrogens with zero attached hydrogens (tertiary/aromatic N) is 1. The van der Waals surface area contributed by atoms with Crippen molar-refractivity contribution in [2.75, 3.05) is 5.73 Å². The number of nitrogens with two attached hydrogens (primary N) is 1. The van der Waals surface area contributed by atoms with Gasteiger partial charge in [-0.25, -0.2) is 0 Å². The first-order chi connectivity index (χ1) is 16.3. The highest BCUT2D eigenvalue weighted by atomic mass is 16.5. The Balaban J connectivity index is 1.41. The summed E-state index contributed by atoms with van der Waals surface area (Å²) in [5, 5.41) is 12.8. The fraction of sp³-hybridized carbons (Fsp3) is 0.185. The van der Waals surface area contributed by atoms with Crippen LogP contribution < -0.4 is 15.8 Å². The molecule has 4 aromatic rings. The molecule has 0 aliphatic rings. The number of fused-ring (bicyclic) bond motifs is 1. The zero-order chi connectivity index (χ0) is 24.2. The molecule has 4 N–H and O–H groups in total. The Labute approximate surface area is 197 Å². The third-order valence-corrected chi connectivity index (χ3v) is 5.81. The number of aryl methyl sites for hydroxylation is 3. The van der Waals surface area contributed by atoms with E-state index in [-0.39, 0.29) is 12.3 Å². The van der Waals surface area contributed by atoms with E-state index >= 15 is 0 Å². The summed E-state index contributed by atoms with van der Waals surface area (Å²) in [5.41, 5.74) is 10.9. The zero-order valence-corrected chi connectivity index (χ0v) is 19.2. The molecule has 3 aromatic carbocycles. The van der Waals surface area contributed by atoms with Crippen LogP contribution in [0.15, 0.2) is 66.7 Å². The van der Waals surface area contributed by atoms with Gasteiger partial charge >= 0.3 is 5.97 Å². The first-order valence-corrected chi connectivity index (χ1v) is 11.0. The fourth-order valence-corrected chi connectivity index (χ4v) is 3.97. The van der Waals surface area contributed by atoms with Gasteiger partial charge in [-0.1, -0.05) is 18.2 Å². The quantitative estimate of drug-likeness (QED) is 0.329. The number of aromatic nitrogens is 1. The van der Waals surface area contributed by atoms with Gasteiger partial charge in [-0.3, -0.25) is 9.59 Å². The van der Waals surface area contributed by atoms with Crippen LogP contribution in [0.3, 0.4) is 0 Å². The van der Waals surface area contributed by atoms with Crippen molar-refractivity contribution in [3.05, 3.63) is 89.1 Å². The molecule has 0 saturated heterocycles. The Morgan fingerprint density at radius 2 is 1.82 bits per heavy atom. The number of anilines is 1. The van der Waals surface area contributed by atoms with Crippen molar-refractivity contribution in [3.8, 4) is 11.5 Å². The van der Waals surface area contributed by atoms with Gasteiger partial charge in [0.15, 0.2) is 0 Å². The molecule has 4 rings (SSSR count). The van der Waals surface area contributed by atoms with Crippen molar-refractivity contribution < 1.29 is 19.4 Å². The van der Waals surface area contributed by atoms with E-state index in [0.717, 1.165) is 27.6 Å². The number of amides is 1. The van der Waals surface area contributed by atoms with Crippen molar-refractivity contribution >= 4 is 28.5 Å². The monoisotopic (exact) mass is 457 g/mol. The highest BCUT2D eigenvalue weighted by molar-refractivity contribution is 5.99. The number of nitrogen functional groups attached to an aromatic ring is 1. The molecule has 174 valence electrons. The maximum atomic E-state index is 12.8. The van der Waals surface area contributed by atoms with E-state index in [1.54, 1.807) is 0 Å². The minimum atomic E-state index is -0.811. The molecule has 0 aliphatic carbocycles. The summed E-state index contributed by atoms with van der Waals surface area (Å²) >= 11 is 0. The molecule has 0 bridgehead atoms. The first-order valence-electron chi connectivity index (χ1n) is 11.0. The maximum absolute atomic E-state index is 12.8. The van der Waals surface area contributed by atoms with Crippen LogP contribution in [0.1, 0.15) is 33.6 Å². The molecule has 0 radical (unpaired) electrons. The number of nitrogens with one attached hydrogen (secondary N) is 1. The van der Waals surface area contributed by atoms with Gasteiger partial charge in [0, 0.05) is 36.6 Å². The number of aliphatic carboxylic acids is 1. The number of hydrogen-bond donors (Lipinski definition) is 3. The van der Waals surface area contributed by atoms with Gasteiger partial charge in [0.1, 0.15) is 17.2 Å². The molecular formula is C27H27N3O4. The summed E-state index contributed by atoms with van der Waals surface area (Å²) in [4.78, 5) is 23.6. The van der Waals surface area contributed by atoms with E-state index in [1.165, 1.54) is 0 Å². The molecule has 0 atom stereocenters. The minimum absolute atomic E-state index is 0.0989. The molecule has 7 heteroatoms. The van der Waals surface area contributed by atoms with Crippen LogP contribution in [0.4, 0.5) is 5.69 Å². The molecular weight excluding hydrogens is 430 g/mol. The lowest BCUT2D eigenvalue weighted by Gasteiger charge is -2.11. The molecule has 0 saturated carbocycles. The topological polar surface area (TPSA) is 107 Å². The van der Waals surface area contributed by atoms with Crippen LogP contribution in [0.2, 0.25) is 0 Å². The van der Waals surface area contributed by atoms with E-state index in [2.05, 4.69) is 5.32 Å². The SMILES string of the molecule is Cc1cc(Oc2cccc(CNC(=O)c3cc4cc(N)ccc4n3C)c2)ccc1CCC(=O)O. The molecule has 0 unspecified atom stereocenters. The second-order valence-corrected chi connectivity index (χ2v) is 8.32. The van der Waals surface area contributed by atoms with Crippen LogP contribution >= 0.6 is 0 Å². The van der Waals surface area contributed by atoms with Crippen molar-refractivity contribution in [2.45, 2.75) is 26.3 Å². The van der Waals surface area contributed by atoms with Crippen molar-refractivity contribution in [2.24, 2.45) is 7.05 Å². The van der Waals surface area contributed by atoms with Crippen LogP contribution in [0.5, 0.6) is 11.5 Å². The summed E-state index contributed by atoms with van der Waals surface area (Å²) in [6, 6.07) is 20.6. The van der Waals surface area contributed by atoms with E-state index in [0.29, 0.717) is 35.8 Å². The Morgan fingerprint density at radius 1 is 1.03 bits per heavy atom. The largest absolute Gasteiger partial charge is 0.481 e. The number of carboxylic acid groups (broad SMARTS) is 1. The molecule has 1 heterocycles. The number of rotatable bonds is 8. The molecule has 0 aliphatic heterocycles. The van der Waals surface area contributed by atoms with Crippen LogP contribution in [-0.2, 0) is 24.8 Å². The molecule has 0 fully saturated rings. The summed E-state index contributed by atoms with van der Waals surface area (Å²) in [7, 11) is 1.86. The Bertz CT molecular complexity index is 1370. The molecule has 1 amide bonds. The Morgan fingerprint density at radius 3 is 2.59 bits per heavy atom. The van der Waals surface area contributed by atoms with Gasteiger partial charge in [-0.15, -0.1) is 0 Å². The summed E-state index contributed by atoms with van der Waals surface area (Å²) in [6.07, 6.45) is 0.586. The van der Waals surface area contributed by atoms with Gasteiger partial charge in [0.05, 0.1) is 0 Å². The summed E-state index contributed by atoms with van der Waals surface area (Å²) in [5.74, 6) is 0.349. The second kappa shape index (κ2) is 9.70. The summed E-state index contributed by atoms with van der Waals surface area (Å²) < 4.78 is 7.85. The number of benzene rings is 3. The van der Waals surface area contributed by atoms with E-state index < -0.39 is 5.97 Å². The molecule has 7 nitrogen and oxygen atoms in total. The Kier molecular flexibility index (Phi) is 6.54. The van der Waals surface area contributed by atoms with Gasteiger partial charge in [-0.2, -0.15) is 0 Å². The van der Waals surface area contributed by atoms with Gasteiger partial charge in [0.25, 0.3) is 5.91 Å². The Hall–Kier alpha value is -4.26. The highest BCUT2D eigenvalue weighted by Gasteiger charge is 2.13. The number of ether oxygens (including phenoxy) is 1. The first kappa shape index (κ1) is 22.9. The summed E-state index contributed by atoms with van der Waals surface area (Å²) in [6.45, 7) is 2.30. The van der Waals surface area contributed by atoms with Gasteiger partial charge < -0.3 is 25.5 Å². The van der Waals surface area contributed by atoms with E-state index in [4.69, 9.17) is 15.6 Å². The normalized spacial score (nSPS) is 10.9. The molecule has 0 spiro atoms. The number of carboxylic acids is 1. The fourth-order valence-electron chi connectivity index (χ4n) is 3.97. The molecule has 34 heavy (non-hydrogen) atoms. The zero-order valence-electron chi connectivity index (χ0n) is 19.2. The van der Waals surface area contributed by atoms with Crippen LogP contribution in [-0.4, -0.2) is 21.6 Å². The van der Waals surface area contributed by atoms with Gasteiger partial charge in [-0.05, 0) is 78.6 Å². The van der Waals surface area contributed by atoms with E-state index in [1.807, 2.05) is 85.3 Å². The second-order valence-electron chi connectivity index (χ2n) is 8.32.